The second-order valence-corrected chi connectivity index (χ2v) is 7.64. The largest absolute Gasteiger partial charge is 0.394 e. The van der Waals surface area contributed by atoms with Gasteiger partial charge in [-0.3, -0.25) is 5.32 Å². The molecule has 8 nitrogen and oxygen atoms in total. The first-order valence-electron chi connectivity index (χ1n) is 9.44. The van der Waals surface area contributed by atoms with Gasteiger partial charge in [-0.2, -0.15) is 5.10 Å². The molecule has 0 spiro atoms. The van der Waals surface area contributed by atoms with Crippen molar-refractivity contribution in [2.24, 2.45) is 5.10 Å². The molecule has 2 N–H and O–H groups in total. The van der Waals surface area contributed by atoms with Crippen LogP contribution in [0.1, 0.15) is 5.69 Å². The molecule has 0 bridgehead atoms. The van der Waals surface area contributed by atoms with E-state index in [4.69, 9.17) is 4.52 Å². The number of carbonyl (C=O) groups excluding carboxylic acids is 1. The number of aromatic nitrogens is 1. The number of anilines is 3. The average Bonchev–Trinajstić information content (AvgIpc) is 3.16. The number of fused-ring (bicyclic) bond motifs is 2. The molecule has 0 atom stereocenters. The van der Waals surface area contributed by atoms with Crippen LogP contribution in [0.25, 0.3) is 0 Å². The van der Waals surface area contributed by atoms with Crippen LogP contribution in [0.2, 0.25) is 0 Å². The summed E-state index contributed by atoms with van der Waals surface area (Å²) in [6, 6.07) is 17.5. The summed E-state index contributed by atoms with van der Waals surface area (Å²) < 4.78 is 5.01. The van der Waals surface area contributed by atoms with Gasteiger partial charge in [0.05, 0.1) is 36.8 Å². The topological polar surface area (TPSA) is 94.2 Å². The quantitative estimate of drug-likeness (QED) is 0.458. The smallest absolute Gasteiger partial charge is 0.344 e. The highest BCUT2D eigenvalue weighted by atomic mass is 32.2. The number of hydrazone groups is 1. The molecule has 2 amide bonds. The molecular formula is C21H21N5O3S. The monoisotopic (exact) mass is 423 g/mol. The summed E-state index contributed by atoms with van der Waals surface area (Å²) in [7, 11) is 0. The molecule has 3 aromatic rings. The van der Waals surface area contributed by atoms with Gasteiger partial charge < -0.3 is 14.5 Å². The second kappa shape index (κ2) is 9.02. The molecule has 0 saturated heterocycles. The molecule has 30 heavy (non-hydrogen) atoms. The Bertz CT molecular complexity index is 1020. The molecule has 9 heteroatoms. The first kappa shape index (κ1) is 20.0. The number of aliphatic hydroxyl groups excluding tert-OH is 1. The van der Waals surface area contributed by atoms with Crippen LogP contribution in [-0.2, 0) is 0 Å². The number of para-hydroxylation sites is 2. The summed E-state index contributed by atoms with van der Waals surface area (Å²) in [5.74, 6) is 0.228. The third-order valence-corrected chi connectivity index (χ3v) is 5.55. The molecule has 1 aromatic heterocycles. The van der Waals surface area contributed by atoms with Crippen molar-refractivity contribution in [3.63, 3.8) is 0 Å². The molecule has 154 valence electrons. The van der Waals surface area contributed by atoms with Crippen LogP contribution in [-0.4, -0.2) is 47.2 Å². The molecule has 0 radical (unpaired) electrons. The summed E-state index contributed by atoms with van der Waals surface area (Å²) in [6.07, 6.45) is 1.66. The summed E-state index contributed by atoms with van der Waals surface area (Å²) in [5.41, 5.74) is 2.83. The Kier molecular flexibility index (Phi) is 6.01. The number of amides is 2. The van der Waals surface area contributed by atoms with E-state index in [1.807, 2.05) is 24.3 Å². The van der Waals surface area contributed by atoms with Gasteiger partial charge >= 0.3 is 6.03 Å². The zero-order chi connectivity index (χ0) is 20.9. The lowest BCUT2D eigenvalue weighted by Gasteiger charge is -2.31. The van der Waals surface area contributed by atoms with Gasteiger partial charge in [-0.05, 0) is 31.2 Å². The standard InChI is InChI=1S/C21H21N5O3S/c1-15-14-20(29-24-15)23-21(28)26(12-13-27)22-10-11-25-16-6-2-4-8-18(16)30-19-9-5-3-7-17(19)25/h2-10,14,27H,11-13H2,1H3,(H,23,28)/b22-10+. The second-order valence-electron chi connectivity index (χ2n) is 6.56. The van der Waals surface area contributed by atoms with Crippen molar-refractivity contribution in [3.8, 4) is 0 Å². The Morgan fingerprint density at radius 1 is 1.23 bits per heavy atom. The van der Waals surface area contributed by atoms with Gasteiger partial charge in [-0.1, -0.05) is 41.2 Å². The van der Waals surface area contributed by atoms with Gasteiger partial charge in [0.1, 0.15) is 0 Å². The van der Waals surface area contributed by atoms with Crippen LogP contribution < -0.4 is 10.2 Å². The molecule has 2 aromatic carbocycles. The maximum absolute atomic E-state index is 12.5. The van der Waals surface area contributed by atoms with Gasteiger partial charge in [0.25, 0.3) is 0 Å². The summed E-state index contributed by atoms with van der Waals surface area (Å²) in [6.45, 7) is 2.06. The summed E-state index contributed by atoms with van der Waals surface area (Å²) in [4.78, 5) is 17.0. The van der Waals surface area contributed by atoms with Crippen molar-refractivity contribution in [2.75, 3.05) is 29.9 Å². The number of benzene rings is 2. The molecule has 1 aliphatic heterocycles. The number of aliphatic hydroxyl groups is 1. The van der Waals surface area contributed by atoms with Crippen LogP contribution in [0.15, 0.2) is 74.0 Å². The number of hydrogen-bond acceptors (Lipinski definition) is 7. The first-order valence-corrected chi connectivity index (χ1v) is 10.3. The lowest BCUT2D eigenvalue weighted by Crippen LogP contribution is -2.33. The maximum Gasteiger partial charge on any atom is 0.344 e. The molecule has 2 heterocycles. The molecule has 0 fully saturated rings. The minimum atomic E-state index is -0.508. The normalized spacial score (nSPS) is 12.5. The van der Waals surface area contributed by atoms with Crippen LogP contribution in [0, 0.1) is 6.92 Å². The highest BCUT2D eigenvalue weighted by molar-refractivity contribution is 7.99. The number of nitrogens with one attached hydrogen (secondary N) is 1. The fraction of sp³-hybridized carbons (Fsp3) is 0.190. The van der Waals surface area contributed by atoms with Crippen molar-refractivity contribution in [1.29, 1.82) is 0 Å². The fourth-order valence-electron chi connectivity index (χ4n) is 3.09. The zero-order valence-corrected chi connectivity index (χ0v) is 17.2. The molecule has 0 saturated carbocycles. The minimum absolute atomic E-state index is 0.0540. The SMILES string of the molecule is Cc1cc(NC(=O)N(CCO)/N=C/CN2c3ccccc3Sc3ccccc32)on1. The van der Waals surface area contributed by atoms with Crippen molar-refractivity contribution in [1.82, 2.24) is 10.2 Å². The maximum atomic E-state index is 12.5. The van der Waals surface area contributed by atoms with Crippen molar-refractivity contribution < 1.29 is 14.4 Å². The van der Waals surface area contributed by atoms with E-state index in [2.05, 4.69) is 44.7 Å². The van der Waals surface area contributed by atoms with Gasteiger partial charge in [-0.15, -0.1) is 0 Å². The lowest BCUT2D eigenvalue weighted by molar-refractivity contribution is 0.191. The van der Waals surface area contributed by atoms with Crippen LogP contribution in [0.4, 0.5) is 22.1 Å². The van der Waals surface area contributed by atoms with E-state index in [-0.39, 0.29) is 19.0 Å². The van der Waals surface area contributed by atoms with Crippen molar-refractivity contribution >= 4 is 41.3 Å². The third kappa shape index (κ3) is 4.32. The van der Waals surface area contributed by atoms with E-state index in [0.29, 0.717) is 12.2 Å². The van der Waals surface area contributed by atoms with Crippen molar-refractivity contribution in [2.45, 2.75) is 16.7 Å². The van der Waals surface area contributed by atoms with E-state index in [1.54, 1.807) is 31.0 Å². The highest BCUT2D eigenvalue weighted by Crippen LogP contribution is 2.47. The third-order valence-electron chi connectivity index (χ3n) is 4.42. The van der Waals surface area contributed by atoms with E-state index < -0.39 is 6.03 Å². The number of carbonyl (C=O) groups is 1. The van der Waals surface area contributed by atoms with Gasteiger partial charge in [0.2, 0.25) is 5.88 Å². The predicted octanol–water partition coefficient (Wildman–Crippen LogP) is 4.10. The zero-order valence-electron chi connectivity index (χ0n) is 16.4. The number of rotatable bonds is 6. The lowest BCUT2D eigenvalue weighted by atomic mass is 10.2. The van der Waals surface area contributed by atoms with Crippen LogP contribution >= 0.6 is 11.8 Å². The first-order chi connectivity index (χ1) is 14.7. The molecular weight excluding hydrogens is 402 g/mol. The number of urea groups is 1. The predicted molar refractivity (Wildman–Crippen MR) is 117 cm³/mol. The molecule has 1 aliphatic rings. The number of nitrogens with zero attached hydrogens (tertiary/aromatic N) is 4. The van der Waals surface area contributed by atoms with Crippen LogP contribution in [0.3, 0.4) is 0 Å². The number of hydrogen-bond donors (Lipinski definition) is 2. The molecule has 0 unspecified atom stereocenters. The fourth-order valence-corrected chi connectivity index (χ4v) is 4.19. The van der Waals surface area contributed by atoms with Crippen LogP contribution in [0.5, 0.6) is 0 Å². The minimum Gasteiger partial charge on any atom is -0.394 e. The number of aryl methyl sites for hydroxylation is 1. The Morgan fingerprint density at radius 2 is 1.90 bits per heavy atom. The Hall–Kier alpha value is -3.30. The van der Waals surface area contributed by atoms with E-state index in [0.717, 1.165) is 26.2 Å². The summed E-state index contributed by atoms with van der Waals surface area (Å²) >= 11 is 1.73. The van der Waals surface area contributed by atoms with Gasteiger partial charge in [0.15, 0.2) is 0 Å². The van der Waals surface area contributed by atoms with Gasteiger partial charge in [0, 0.05) is 22.1 Å². The Balaban J connectivity index is 1.51. The molecule has 0 aliphatic carbocycles. The van der Waals surface area contributed by atoms with E-state index >= 15 is 0 Å². The Labute approximate surface area is 178 Å². The highest BCUT2D eigenvalue weighted by Gasteiger charge is 2.22. The molecule has 4 rings (SSSR count). The van der Waals surface area contributed by atoms with Gasteiger partial charge in [-0.25, -0.2) is 9.80 Å². The van der Waals surface area contributed by atoms with E-state index in [1.165, 1.54) is 0 Å². The summed E-state index contributed by atoms with van der Waals surface area (Å²) in [5, 5.41) is 21.1. The van der Waals surface area contributed by atoms with Crippen molar-refractivity contribution in [3.05, 3.63) is 60.3 Å². The Morgan fingerprint density at radius 3 is 2.50 bits per heavy atom. The van der Waals surface area contributed by atoms with E-state index in [9.17, 15) is 9.90 Å². The average molecular weight is 423 g/mol.